The van der Waals surface area contributed by atoms with Crippen molar-refractivity contribution in [1.29, 1.82) is 0 Å². The zero-order valence-electron chi connectivity index (χ0n) is 10.3. The van der Waals surface area contributed by atoms with Gasteiger partial charge in [-0.1, -0.05) is 19.4 Å². The molecule has 0 heterocycles. The topological polar surface area (TPSA) is 29.3 Å². The monoisotopic (exact) mass is 284 g/mol. The standard InChI is InChI=1S/C13H21BrN2/c1-4-5-8-16(3)13-7-6-11(10(2)15)9-12(13)14/h6-7,9-10H,4-5,8,15H2,1-3H3. The Kier molecular flexibility index (Phi) is 5.29. The summed E-state index contributed by atoms with van der Waals surface area (Å²) < 4.78 is 1.13. The molecule has 2 N–H and O–H groups in total. The summed E-state index contributed by atoms with van der Waals surface area (Å²) in [5.41, 5.74) is 8.25. The van der Waals surface area contributed by atoms with E-state index in [-0.39, 0.29) is 6.04 Å². The minimum atomic E-state index is 0.0892. The molecule has 0 aliphatic heterocycles. The summed E-state index contributed by atoms with van der Waals surface area (Å²) in [7, 11) is 2.13. The van der Waals surface area contributed by atoms with Gasteiger partial charge in [-0.15, -0.1) is 0 Å². The number of benzene rings is 1. The first-order valence-corrected chi connectivity index (χ1v) is 6.61. The maximum Gasteiger partial charge on any atom is 0.0508 e. The summed E-state index contributed by atoms with van der Waals surface area (Å²) in [6, 6.07) is 6.44. The number of hydrogen-bond acceptors (Lipinski definition) is 2. The van der Waals surface area contributed by atoms with E-state index in [1.807, 2.05) is 6.92 Å². The van der Waals surface area contributed by atoms with E-state index in [1.54, 1.807) is 0 Å². The third kappa shape index (κ3) is 3.49. The van der Waals surface area contributed by atoms with Crippen molar-refractivity contribution in [2.45, 2.75) is 32.7 Å². The fourth-order valence-electron chi connectivity index (χ4n) is 1.63. The van der Waals surface area contributed by atoms with Crippen molar-refractivity contribution in [3.05, 3.63) is 28.2 Å². The molecule has 0 fully saturated rings. The predicted molar refractivity (Wildman–Crippen MR) is 74.9 cm³/mol. The van der Waals surface area contributed by atoms with Gasteiger partial charge >= 0.3 is 0 Å². The Morgan fingerprint density at radius 1 is 1.44 bits per heavy atom. The van der Waals surface area contributed by atoms with Gasteiger partial charge < -0.3 is 10.6 Å². The van der Waals surface area contributed by atoms with E-state index in [0.717, 1.165) is 11.0 Å². The highest BCUT2D eigenvalue weighted by Gasteiger charge is 2.07. The molecular weight excluding hydrogens is 264 g/mol. The van der Waals surface area contributed by atoms with Crippen LogP contribution in [0.25, 0.3) is 0 Å². The van der Waals surface area contributed by atoms with Gasteiger partial charge in [0.2, 0.25) is 0 Å². The SMILES string of the molecule is CCCCN(C)c1ccc(C(C)N)cc1Br. The summed E-state index contributed by atoms with van der Waals surface area (Å²) in [5.74, 6) is 0. The molecule has 1 aromatic carbocycles. The molecule has 3 heteroatoms. The predicted octanol–water partition coefficient (Wildman–Crippen LogP) is 3.71. The third-order valence-electron chi connectivity index (χ3n) is 2.76. The highest BCUT2D eigenvalue weighted by atomic mass is 79.9. The molecule has 0 saturated heterocycles. The van der Waals surface area contributed by atoms with Crippen molar-refractivity contribution in [2.24, 2.45) is 5.73 Å². The zero-order chi connectivity index (χ0) is 12.1. The average Bonchev–Trinajstić information content (AvgIpc) is 2.25. The van der Waals surface area contributed by atoms with E-state index >= 15 is 0 Å². The van der Waals surface area contributed by atoms with Gasteiger partial charge in [-0.25, -0.2) is 0 Å². The summed E-state index contributed by atoms with van der Waals surface area (Å²) in [6.45, 7) is 5.30. The maximum absolute atomic E-state index is 5.85. The lowest BCUT2D eigenvalue weighted by Crippen LogP contribution is -2.19. The second-order valence-electron chi connectivity index (χ2n) is 4.27. The second-order valence-corrected chi connectivity index (χ2v) is 5.13. The molecule has 1 rings (SSSR count). The summed E-state index contributed by atoms with van der Waals surface area (Å²) >= 11 is 3.61. The van der Waals surface area contributed by atoms with E-state index < -0.39 is 0 Å². The molecule has 2 nitrogen and oxygen atoms in total. The van der Waals surface area contributed by atoms with Crippen molar-refractivity contribution in [1.82, 2.24) is 0 Å². The van der Waals surface area contributed by atoms with E-state index in [2.05, 4.69) is 53.0 Å². The molecular formula is C13H21BrN2. The number of nitrogens with zero attached hydrogens (tertiary/aromatic N) is 1. The van der Waals surface area contributed by atoms with Gasteiger partial charge in [-0.05, 0) is 47.0 Å². The van der Waals surface area contributed by atoms with Crippen molar-refractivity contribution in [2.75, 3.05) is 18.5 Å². The number of halogens is 1. The summed E-state index contributed by atoms with van der Waals surface area (Å²) in [5, 5.41) is 0. The molecule has 1 unspecified atom stereocenters. The quantitative estimate of drug-likeness (QED) is 0.893. The van der Waals surface area contributed by atoms with Crippen LogP contribution in [0.1, 0.15) is 38.3 Å². The lowest BCUT2D eigenvalue weighted by Gasteiger charge is -2.21. The Balaban J connectivity index is 2.81. The first kappa shape index (κ1) is 13.5. The molecule has 0 bridgehead atoms. The van der Waals surface area contributed by atoms with Gasteiger partial charge in [0, 0.05) is 24.1 Å². The van der Waals surface area contributed by atoms with Crippen molar-refractivity contribution in [3.8, 4) is 0 Å². The molecule has 0 spiro atoms. The minimum absolute atomic E-state index is 0.0892. The molecule has 0 aliphatic carbocycles. The largest absolute Gasteiger partial charge is 0.374 e. The smallest absolute Gasteiger partial charge is 0.0508 e. The number of nitrogens with two attached hydrogens (primary N) is 1. The first-order chi connectivity index (χ1) is 7.56. The van der Waals surface area contributed by atoms with E-state index in [1.165, 1.54) is 24.1 Å². The van der Waals surface area contributed by atoms with Crippen LogP contribution in [-0.2, 0) is 0 Å². The zero-order valence-corrected chi connectivity index (χ0v) is 11.9. The molecule has 0 amide bonds. The van der Waals surface area contributed by atoms with Gasteiger partial charge in [0.25, 0.3) is 0 Å². The number of hydrogen-bond donors (Lipinski definition) is 1. The normalized spacial score (nSPS) is 12.6. The van der Waals surface area contributed by atoms with Crippen molar-refractivity contribution in [3.63, 3.8) is 0 Å². The van der Waals surface area contributed by atoms with Gasteiger partial charge in [-0.3, -0.25) is 0 Å². The maximum atomic E-state index is 5.85. The van der Waals surface area contributed by atoms with Crippen molar-refractivity contribution >= 4 is 21.6 Å². The molecule has 0 aliphatic rings. The number of rotatable bonds is 5. The lowest BCUT2D eigenvalue weighted by atomic mass is 10.1. The van der Waals surface area contributed by atoms with Crippen LogP contribution >= 0.6 is 15.9 Å². The average molecular weight is 285 g/mol. The van der Waals surface area contributed by atoms with Crippen LogP contribution in [0.2, 0.25) is 0 Å². The van der Waals surface area contributed by atoms with E-state index in [4.69, 9.17) is 5.73 Å². The highest BCUT2D eigenvalue weighted by molar-refractivity contribution is 9.10. The van der Waals surface area contributed by atoms with Crippen LogP contribution in [-0.4, -0.2) is 13.6 Å². The van der Waals surface area contributed by atoms with Crippen LogP contribution in [0, 0.1) is 0 Å². The Labute approximate surface area is 107 Å². The summed E-state index contributed by atoms with van der Waals surface area (Å²) in [6.07, 6.45) is 2.44. The molecule has 16 heavy (non-hydrogen) atoms. The van der Waals surface area contributed by atoms with Crippen LogP contribution in [0.15, 0.2) is 22.7 Å². The Bertz CT molecular complexity index is 337. The Morgan fingerprint density at radius 3 is 2.62 bits per heavy atom. The minimum Gasteiger partial charge on any atom is -0.374 e. The van der Waals surface area contributed by atoms with Gasteiger partial charge in [0.1, 0.15) is 0 Å². The first-order valence-electron chi connectivity index (χ1n) is 5.82. The Hall–Kier alpha value is -0.540. The molecule has 0 saturated carbocycles. The van der Waals surface area contributed by atoms with Crippen LogP contribution in [0.4, 0.5) is 5.69 Å². The lowest BCUT2D eigenvalue weighted by molar-refractivity contribution is 0.764. The second kappa shape index (κ2) is 6.26. The van der Waals surface area contributed by atoms with Crippen LogP contribution < -0.4 is 10.6 Å². The van der Waals surface area contributed by atoms with Gasteiger partial charge in [0.05, 0.1) is 5.69 Å². The molecule has 1 atom stereocenters. The van der Waals surface area contributed by atoms with Crippen molar-refractivity contribution < 1.29 is 0 Å². The fourth-order valence-corrected chi connectivity index (χ4v) is 2.33. The van der Waals surface area contributed by atoms with Crippen LogP contribution in [0.3, 0.4) is 0 Å². The molecule has 1 aromatic rings. The Morgan fingerprint density at radius 2 is 2.12 bits per heavy atom. The number of unbranched alkanes of at least 4 members (excludes halogenated alkanes) is 1. The number of anilines is 1. The van der Waals surface area contributed by atoms with E-state index in [9.17, 15) is 0 Å². The van der Waals surface area contributed by atoms with E-state index in [0.29, 0.717) is 0 Å². The fraction of sp³-hybridized carbons (Fsp3) is 0.538. The third-order valence-corrected chi connectivity index (χ3v) is 3.39. The van der Waals surface area contributed by atoms with Crippen LogP contribution in [0.5, 0.6) is 0 Å². The van der Waals surface area contributed by atoms with Gasteiger partial charge in [-0.2, -0.15) is 0 Å². The molecule has 90 valence electrons. The summed E-state index contributed by atoms with van der Waals surface area (Å²) in [4.78, 5) is 2.28. The molecule has 0 aromatic heterocycles. The highest BCUT2D eigenvalue weighted by Crippen LogP contribution is 2.28. The van der Waals surface area contributed by atoms with Gasteiger partial charge in [0.15, 0.2) is 0 Å². The molecule has 0 radical (unpaired) electrons.